The molecule has 0 aliphatic heterocycles. The van der Waals surface area contributed by atoms with Crippen LogP contribution in [0.15, 0.2) is 24.3 Å². The molecule has 1 atom stereocenters. The van der Waals surface area contributed by atoms with E-state index in [1.165, 1.54) is 12.1 Å². The third-order valence-electron chi connectivity index (χ3n) is 3.38. The van der Waals surface area contributed by atoms with E-state index in [2.05, 4.69) is 5.32 Å². The van der Waals surface area contributed by atoms with Gasteiger partial charge in [-0.15, -0.1) is 0 Å². The van der Waals surface area contributed by atoms with Crippen molar-refractivity contribution < 1.29 is 22.7 Å². The Morgan fingerprint density at radius 1 is 1.43 bits per heavy atom. The summed E-state index contributed by atoms with van der Waals surface area (Å²) >= 11 is 0. The standard InChI is InChI=1S/C15H18F3NO2/c1-2-21-14(20)13(19-9-10-6-7-10)11-4-3-5-12(8-11)15(16,17)18/h3-5,8,10,13,19H,2,6-7,9H2,1H3. The highest BCUT2D eigenvalue weighted by atomic mass is 19.4. The van der Waals surface area contributed by atoms with Crippen molar-refractivity contribution in [2.75, 3.05) is 13.2 Å². The molecule has 21 heavy (non-hydrogen) atoms. The topological polar surface area (TPSA) is 38.3 Å². The van der Waals surface area contributed by atoms with Gasteiger partial charge >= 0.3 is 12.1 Å². The first kappa shape index (κ1) is 15.8. The first-order valence-corrected chi connectivity index (χ1v) is 6.99. The maximum Gasteiger partial charge on any atom is 0.416 e. The van der Waals surface area contributed by atoms with Crippen LogP contribution in [-0.2, 0) is 15.7 Å². The maximum absolute atomic E-state index is 12.8. The number of ether oxygens (including phenoxy) is 1. The molecular weight excluding hydrogens is 283 g/mol. The zero-order valence-electron chi connectivity index (χ0n) is 11.7. The minimum atomic E-state index is -4.42. The van der Waals surface area contributed by atoms with Crippen molar-refractivity contribution in [3.05, 3.63) is 35.4 Å². The van der Waals surface area contributed by atoms with Crippen LogP contribution in [0.4, 0.5) is 13.2 Å². The van der Waals surface area contributed by atoms with Crippen molar-refractivity contribution in [3.8, 4) is 0 Å². The van der Waals surface area contributed by atoms with Gasteiger partial charge in [0.1, 0.15) is 6.04 Å². The monoisotopic (exact) mass is 301 g/mol. The first-order valence-electron chi connectivity index (χ1n) is 6.99. The molecule has 0 saturated heterocycles. The Morgan fingerprint density at radius 3 is 2.71 bits per heavy atom. The number of hydrogen-bond acceptors (Lipinski definition) is 3. The summed E-state index contributed by atoms with van der Waals surface area (Å²) in [6.45, 7) is 2.47. The fraction of sp³-hybridized carbons (Fsp3) is 0.533. The molecule has 1 aromatic carbocycles. The van der Waals surface area contributed by atoms with Gasteiger partial charge in [0, 0.05) is 0 Å². The summed E-state index contributed by atoms with van der Waals surface area (Å²) in [5.41, 5.74) is -0.480. The lowest BCUT2D eigenvalue weighted by Gasteiger charge is -2.19. The molecule has 1 N–H and O–H groups in total. The Kier molecular flexibility index (Phi) is 4.88. The van der Waals surface area contributed by atoms with Crippen molar-refractivity contribution in [2.45, 2.75) is 32.0 Å². The number of esters is 1. The highest BCUT2D eigenvalue weighted by molar-refractivity contribution is 5.77. The summed E-state index contributed by atoms with van der Waals surface area (Å²) in [7, 11) is 0. The largest absolute Gasteiger partial charge is 0.465 e. The molecule has 0 bridgehead atoms. The molecule has 1 aliphatic carbocycles. The molecule has 0 radical (unpaired) electrons. The Bertz CT molecular complexity index is 498. The second-order valence-electron chi connectivity index (χ2n) is 5.16. The molecule has 0 heterocycles. The van der Waals surface area contributed by atoms with Gasteiger partial charge in [0.25, 0.3) is 0 Å². The van der Waals surface area contributed by atoms with E-state index in [1.807, 2.05) is 0 Å². The molecule has 1 aliphatic rings. The average Bonchev–Trinajstić information content (AvgIpc) is 3.23. The molecular formula is C15H18F3NO2. The Morgan fingerprint density at radius 2 is 2.14 bits per heavy atom. The number of rotatable bonds is 6. The van der Waals surface area contributed by atoms with Gasteiger partial charge in [0.2, 0.25) is 0 Å². The zero-order chi connectivity index (χ0) is 15.5. The summed E-state index contributed by atoms with van der Waals surface area (Å²) < 4.78 is 43.3. The lowest BCUT2D eigenvalue weighted by atomic mass is 10.0. The van der Waals surface area contributed by atoms with E-state index in [0.29, 0.717) is 12.5 Å². The minimum Gasteiger partial charge on any atom is -0.465 e. The molecule has 0 amide bonds. The second-order valence-corrected chi connectivity index (χ2v) is 5.16. The van der Waals surface area contributed by atoms with Gasteiger partial charge in [-0.25, -0.2) is 4.79 Å². The molecule has 2 rings (SSSR count). The Hall–Kier alpha value is -1.56. The van der Waals surface area contributed by atoms with E-state index in [0.717, 1.165) is 25.0 Å². The summed E-state index contributed by atoms with van der Waals surface area (Å²) in [6.07, 6.45) is -2.25. The number of carbonyl (C=O) groups is 1. The van der Waals surface area contributed by atoms with Crippen molar-refractivity contribution >= 4 is 5.97 Å². The van der Waals surface area contributed by atoms with Gasteiger partial charge in [0.15, 0.2) is 0 Å². The Labute approximate surface area is 121 Å². The second kappa shape index (κ2) is 6.47. The predicted octanol–water partition coefficient (Wildman–Crippen LogP) is 3.31. The van der Waals surface area contributed by atoms with Gasteiger partial charge in [0.05, 0.1) is 12.2 Å². The van der Waals surface area contributed by atoms with E-state index in [9.17, 15) is 18.0 Å². The van der Waals surface area contributed by atoms with Crippen LogP contribution in [0.5, 0.6) is 0 Å². The molecule has 0 aromatic heterocycles. The fourth-order valence-corrected chi connectivity index (χ4v) is 2.06. The van der Waals surface area contributed by atoms with Crippen LogP contribution in [0.3, 0.4) is 0 Å². The number of nitrogens with one attached hydrogen (secondary N) is 1. The van der Waals surface area contributed by atoms with Crippen molar-refractivity contribution in [2.24, 2.45) is 5.92 Å². The van der Waals surface area contributed by atoms with Crippen LogP contribution in [0.2, 0.25) is 0 Å². The highest BCUT2D eigenvalue weighted by Crippen LogP contribution is 2.32. The van der Waals surface area contributed by atoms with Crippen LogP contribution in [0, 0.1) is 5.92 Å². The van der Waals surface area contributed by atoms with Crippen molar-refractivity contribution in [1.29, 1.82) is 0 Å². The molecule has 6 heteroatoms. The van der Waals surface area contributed by atoms with Crippen molar-refractivity contribution in [3.63, 3.8) is 0 Å². The predicted molar refractivity (Wildman–Crippen MR) is 71.5 cm³/mol. The summed E-state index contributed by atoms with van der Waals surface area (Å²) in [5, 5.41) is 3.02. The molecule has 0 spiro atoms. The van der Waals surface area contributed by atoms with E-state index in [4.69, 9.17) is 4.74 Å². The van der Waals surface area contributed by atoms with Crippen LogP contribution in [0.25, 0.3) is 0 Å². The van der Waals surface area contributed by atoms with Gasteiger partial charge < -0.3 is 10.1 Å². The molecule has 1 fully saturated rings. The molecule has 1 unspecified atom stereocenters. The quantitative estimate of drug-likeness (QED) is 0.819. The minimum absolute atomic E-state index is 0.194. The van der Waals surface area contributed by atoms with Gasteiger partial charge in [-0.05, 0) is 49.9 Å². The average molecular weight is 301 g/mol. The van der Waals surface area contributed by atoms with Gasteiger partial charge in [-0.1, -0.05) is 12.1 Å². The van der Waals surface area contributed by atoms with Gasteiger partial charge in [-0.3, -0.25) is 0 Å². The zero-order valence-corrected chi connectivity index (χ0v) is 11.7. The third-order valence-corrected chi connectivity index (χ3v) is 3.38. The smallest absolute Gasteiger partial charge is 0.416 e. The van der Waals surface area contributed by atoms with Crippen LogP contribution in [0.1, 0.15) is 36.9 Å². The Balaban J connectivity index is 2.19. The summed E-state index contributed by atoms with van der Waals surface area (Å²) in [6, 6.07) is 3.96. The lowest BCUT2D eigenvalue weighted by Crippen LogP contribution is -2.32. The number of halogens is 3. The molecule has 1 saturated carbocycles. The van der Waals surface area contributed by atoms with Gasteiger partial charge in [-0.2, -0.15) is 13.2 Å². The molecule has 116 valence electrons. The van der Waals surface area contributed by atoms with E-state index in [-0.39, 0.29) is 12.2 Å². The SMILES string of the molecule is CCOC(=O)C(NCC1CC1)c1cccc(C(F)(F)F)c1. The number of benzene rings is 1. The van der Waals surface area contributed by atoms with Crippen molar-refractivity contribution in [1.82, 2.24) is 5.32 Å². The third kappa shape index (κ3) is 4.46. The first-order chi connectivity index (χ1) is 9.91. The molecule has 1 aromatic rings. The fourth-order valence-electron chi connectivity index (χ4n) is 2.06. The molecule has 3 nitrogen and oxygen atoms in total. The highest BCUT2D eigenvalue weighted by Gasteiger charge is 2.32. The normalized spacial score (nSPS) is 16.6. The van der Waals surface area contributed by atoms with Crippen LogP contribution >= 0.6 is 0 Å². The van der Waals surface area contributed by atoms with E-state index >= 15 is 0 Å². The lowest BCUT2D eigenvalue weighted by molar-refractivity contribution is -0.146. The number of alkyl halides is 3. The van der Waals surface area contributed by atoms with Crippen LogP contribution < -0.4 is 5.32 Å². The number of hydrogen-bond donors (Lipinski definition) is 1. The maximum atomic E-state index is 12.8. The van der Waals surface area contributed by atoms with E-state index < -0.39 is 23.8 Å². The van der Waals surface area contributed by atoms with Crippen LogP contribution in [-0.4, -0.2) is 19.1 Å². The number of carbonyl (C=O) groups excluding carboxylic acids is 1. The summed E-state index contributed by atoms with van der Waals surface area (Å²) in [5.74, 6) is -0.0369. The summed E-state index contributed by atoms with van der Waals surface area (Å²) in [4.78, 5) is 12.0. The van der Waals surface area contributed by atoms with E-state index in [1.54, 1.807) is 6.92 Å².